The number of fused-ring (bicyclic) bond motifs is 1. The number of ether oxygens (including phenoxy) is 3. The quantitative estimate of drug-likeness (QED) is 0.541. The van der Waals surface area contributed by atoms with Gasteiger partial charge in [-0.15, -0.1) is 0 Å². The third kappa shape index (κ3) is 5.94. The van der Waals surface area contributed by atoms with E-state index in [2.05, 4.69) is 12.2 Å². The summed E-state index contributed by atoms with van der Waals surface area (Å²) in [4.78, 5) is 39.1. The van der Waals surface area contributed by atoms with Crippen LogP contribution in [-0.2, 0) is 20.7 Å². The zero-order chi connectivity index (χ0) is 23.9. The molecule has 1 fully saturated rings. The first kappa shape index (κ1) is 23.8. The predicted octanol–water partition coefficient (Wildman–Crippen LogP) is 2.92. The number of hydrogen-bond acceptors (Lipinski definition) is 6. The number of amides is 2. The average Bonchev–Trinajstić information content (AvgIpc) is 3.37. The number of nitrogens with one attached hydrogen (secondary N) is 1. The smallest absolute Gasteiger partial charge is 0.265 e. The molecule has 1 N–H and O–H groups in total. The molecule has 4 rings (SSSR count). The molecular formula is C26H30N2O6. The molecule has 0 saturated carbocycles. The van der Waals surface area contributed by atoms with Crippen LogP contribution in [0.2, 0.25) is 0 Å². The lowest BCUT2D eigenvalue weighted by Crippen LogP contribution is -2.46. The molecule has 34 heavy (non-hydrogen) atoms. The van der Waals surface area contributed by atoms with Crippen molar-refractivity contribution in [2.45, 2.75) is 38.7 Å². The summed E-state index contributed by atoms with van der Waals surface area (Å²) in [5, 5.41) is 2.83. The van der Waals surface area contributed by atoms with Gasteiger partial charge in [0.1, 0.15) is 18.0 Å². The van der Waals surface area contributed by atoms with Crippen molar-refractivity contribution in [3.63, 3.8) is 0 Å². The van der Waals surface area contributed by atoms with Gasteiger partial charge in [0, 0.05) is 18.7 Å². The largest absolute Gasteiger partial charge is 0.485 e. The van der Waals surface area contributed by atoms with Crippen LogP contribution >= 0.6 is 0 Å². The number of hydrogen-bond donors (Lipinski definition) is 1. The van der Waals surface area contributed by atoms with Gasteiger partial charge in [0.05, 0.1) is 11.8 Å². The van der Waals surface area contributed by atoms with E-state index >= 15 is 0 Å². The molecule has 0 spiro atoms. The third-order valence-corrected chi connectivity index (χ3v) is 5.91. The fourth-order valence-electron chi connectivity index (χ4n) is 4.05. The highest BCUT2D eigenvalue weighted by molar-refractivity contribution is 6.04. The number of ketones is 1. The maximum absolute atomic E-state index is 12.8. The molecule has 2 heterocycles. The SMILES string of the molecule is CCCc1ccc(OCC(=O)c2ccc3c(c2)N(CC(=O)NCC2CCCO2)C(=O)CO3)cc1. The molecule has 2 aromatic carbocycles. The number of benzene rings is 2. The Morgan fingerprint density at radius 3 is 2.74 bits per heavy atom. The molecule has 2 aliphatic heterocycles. The average molecular weight is 467 g/mol. The Kier molecular flexibility index (Phi) is 7.80. The van der Waals surface area contributed by atoms with Crippen LogP contribution in [0.25, 0.3) is 0 Å². The van der Waals surface area contributed by atoms with Crippen LogP contribution in [0.1, 0.15) is 42.1 Å². The monoisotopic (exact) mass is 466 g/mol. The number of carbonyl (C=O) groups is 3. The van der Waals surface area contributed by atoms with Crippen molar-refractivity contribution in [3.8, 4) is 11.5 Å². The van der Waals surface area contributed by atoms with E-state index in [-0.39, 0.29) is 43.5 Å². The van der Waals surface area contributed by atoms with Crippen LogP contribution in [0, 0.1) is 0 Å². The summed E-state index contributed by atoms with van der Waals surface area (Å²) in [7, 11) is 0. The molecule has 1 atom stereocenters. The molecule has 1 saturated heterocycles. The Balaban J connectivity index is 1.39. The van der Waals surface area contributed by atoms with Gasteiger partial charge in [-0.1, -0.05) is 25.5 Å². The number of nitrogens with zero attached hydrogens (tertiary/aromatic N) is 1. The Morgan fingerprint density at radius 1 is 1.18 bits per heavy atom. The fraction of sp³-hybridized carbons (Fsp3) is 0.423. The van der Waals surface area contributed by atoms with Crippen molar-refractivity contribution in [1.82, 2.24) is 5.32 Å². The molecule has 2 aromatic rings. The van der Waals surface area contributed by atoms with E-state index in [4.69, 9.17) is 14.2 Å². The lowest BCUT2D eigenvalue weighted by molar-refractivity contribution is -0.125. The van der Waals surface area contributed by atoms with Gasteiger partial charge in [-0.2, -0.15) is 0 Å². The molecule has 8 heteroatoms. The third-order valence-electron chi connectivity index (χ3n) is 5.91. The first-order valence-corrected chi connectivity index (χ1v) is 11.7. The zero-order valence-electron chi connectivity index (χ0n) is 19.4. The Labute approximate surface area is 199 Å². The van der Waals surface area contributed by atoms with Crippen molar-refractivity contribution in [3.05, 3.63) is 53.6 Å². The molecule has 0 aliphatic carbocycles. The van der Waals surface area contributed by atoms with E-state index in [1.165, 1.54) is 10.5 Å². The molecule has 2 aliphatic rings. The van der Waals surface area contributed by atoms with Crippen molar-refractivity contribution in [2.75, 3.05) is 37.8 Å². The second-order valence-corrected chi connectivity index (χ2v) is 8.50. The molecule has 0 radical (unpaired) electrons. The highest BCUT2D eigenvalue weighted by Gasteiger charge is 2.28. The first-order valence-electron chi connectivity index (χ1n) is 11.7. The molecule has 0 bridgehead atoms. The molecular weight excluding hydrogens is 436 g/mol. The van der Waals surface area contributed by atoms with Gasteiger partial charge in [0.2, 0.25) is 5.91 Å². The first-order chi connectivity index (χ1) is 16.5. The number of rotatable bonds is 10. The number of anilines is 1. The Morgan fingerprint density at radius 2 is 2.00 bits per heavy atom. The van der Waals surface area contributed by atoms with Crippen molar-refractivity contribution < 1.29 is 28.6 Å². The summed E-state index contributed by atoms with van der Waals surface area (Å²) in [6.07, 6.45) is 3.98. The van der Waals surface area contributed by atoms with E-state index in [9.17, 15) is 14.4 Å². The van der Waals surface area contributed by atoms with Gasteiger partial charge < -0.3 is 19.5 Å². The predicted molar refractivity (Wildman–Crippen MR) is 127 cm³/mol. The highest BCUT2D eigenvalue weighted by Crippen LogP contribution is 2.33. The molecule has 180 valence electrons. The Bertz CT molecular complexity index is 1030. The van der Waals surface area contributed by atoms with E-state index in [0.29, 0.717) is 35.9 Å². The summed E-state index contributed by atoms with van der Waals surface area (Å²) in [6.45, 7) is 2.80. The number of Topliss-reactive ketones (excluding diaryl/α,β-unsaturated/α-hetero) is 1. The van der Waals surface area contributed by atoms with Crippen molar-refractivity contribution in [1.29, 1.82) is 0 Å². The second-order valence-electron chi connectivity index (χ2n) is 8.50. The topological polar surface area (TPSA) is 94.2 Å². The van der Waals surface area contributed by atoms with E-state index in [1.807, 2.05) is 24.3 Å². The summed E-state index contributed by atoms with van der Waals surface area (Å²) in [6, 6.07) is 12.6. The molecule has 2 amide bonds. The normalized spacial score (nSPS) is 17.1. The minimum atomic E-state index is -0.340. The van der Waals surface area contributed by atoms with Gasteiger partial charge in [-0.05, 0) is 55.2 Å². The second kappa shape index (κ2) is 11.2. The van der Waals surface area contributed by atoms with Crippen LogP contribution in [0.15, 0.2) is 42.5 Å². The zero-order valence-corrected chi connectivity index (χ0v) is 19.4. The minimum absolute atomic E-state index is 0.0173. The number of carbonyl (C=O) groups excluding carboxylic acids is 3. The van der Waals surface area contributed by atoms with Crippen molar-refractivity contribution in [2.24, 2.45) is 0 Å². The highest BCUT2D eigenvalue weighted by atomic mass is 16.5. The van der Waals surface area contributed by atoms with Gasteiger partial charge in [-0.3, -0.25) is 19.3 Å². The lowest BCUT2D eigenvalue weighted by Gasteiger charge is -2.29. The summed E-state index contributed by atoms with van der Waals surface area (Å²) in [5.41, 5.74) is 2.00. The molecule has 8 nitrogen and oxygen atoms in total. The number of aryl methyl sites for hydroxylation is 1. The van der Waals surface area contributed by atoms with Crippen LogP contribution in [0.4, 0.5) is 5.69 Å². The van der Waals surface area contributed by atoms with Crippen LogP contribution in [-0.4, -0.2) is 56.6 Å². The maximum atomic E-state index is 12.8. The minimum Gasteiger partial charge on any atom is -0.485 e. The Hall–Kier alpha value is -3.39. The van der Waals surface area contributed by atoms with E-state index in [0.717, 1.165) is 25.7 Å². The van der Waals surface area contributed by atoms with E-state index < -0.39 is 0 Å². The van der Waals surface area contributed by atoms with Gasteiger partial charge >= 0.3 is 0 Å². The lowest BCUT2D eigenvalue weighted by atomic mass is 10.1. The summed E-state index contributed by atoms with van der Waals surface area (Å²) < 4.78 is 16.7. The molecule has 0 aromatic heterocycles. The summed E-state index contributed by atoms with van der Waals surface area (Å²) in [5.74, 6) is 0.210. The van der Waals surface area contributed by atoms with Crippen LogP contribution < -0.4 is 19.7 Å². The van der Waals surface area contributed by atoms with Gasteiger partial charge in [0.25, 0.3) is 5.91 Å². The maximum Gasteiger partial charge on any atom is 0.265 e. The molecule has 1 unspecified atom stereocenters. The fourth-order valence-corrected chi connectivity index (χ4v) is 4.05. The van der Waals surface area contributed by atoms with Gasteiger partial charge in [-0.25, -0.2) is 0 Å². The van der Waals surface area contributed by atoms with Gasteiger partial charge in [0.15, 0.2) is 19.0 Å². The van der Waals surface area contributed by atoms with Crippen LogP contribution in [0.5, 0.6) is 11.5 Å². The summed E-state index contributed by atoms with van der Waals surface area (Å²) >= 11 is 0. The van der Waals surface area contributed by atoms with Crippen LogP contribution in [0.3, 0.4) is 0 Å². The van der Waals surface area contributed by atoms with Crippen molar-refractivity contribution >= 4 is 23.3 Å². The standard InChI is InChI=1S/C26H30N2O6/c1-2-4-18-6-9-20(10-7-18)33-16-23(29)19-8-11-24-22(13-19)28(26(31)17-34-24)15-25(30)27-14-21-5-3-12-32-21/h6-11,13,21H,2-5,12,14-17H2,1H3,(H,27,30). The van der Waals surface area contributed by atoms with E-state index in [1.54, 1.807) is 18.2 Å².